The second-order valence-electron chi connectivity index (χ2n) is 4.89. The maximum absolute atomic E-state index is 13.4. The van der Waals surface area contributed by atoms with Crippen LogP contribution in [0.3, 0.4) is 0 Å². The predicted molar refractivity (Wildman–Crippen MR) is 64.3 cm³/mol. The number of rotatable bonds is 2. The van der Waals surface area contributed by atoms with Crippen molar-refractivity contribution in [1.29, 1.82) is 0 Å². The van der Waals surface area contributed by atoms with Crippen molar-refractivity contribution in [3.8, 4) is 0 Å². The van der Waals surface area contributed by atoms with E-state index in [1.165, 1.54) is 4.90 Å². The number of hydrogen-bond donors (Lipinski definition) is 0. The smallest absolute Gasteiger partial charge is 0.249 e. The number of halogens is 3. The molecule has 1 saturated heterocycles. The zero-order valence-corrected chi connectivity index (χ0v) is 11.3. The molecule has 1 aliphatic carbocycles. The van der Waals surface area contributed by atoms with Crippen LogP contribution in [0.1, 0.15) is 40.0 Å². The Balaban J connectivity index is 0.000000771. The Labute approximate surface area is 107 Å². The summed E-state index contributed by atoms with van der Waals surface area (Å²) < 4.78 is 38.6. The van der Waals surface area contributed by atoms with Crippen LogP contribution in [0.2, 0.25) is 0 Å². The first kappa shape index (κ1) is 15.3. The molecule has 18 heavy (non-hydrogen) atoms. The molecule has 1 aliphatic heterocycles. The van der Waals surface area contributed by atoms with Crippen LogP contribution in [-0.4, -0.2) is 36.0 Å². The van der Waals surface area contributed by atoms with Gasteiger partial charge in [-0.2, -0.15) is 0 Å². The van der Waals surface area contributed by atoms with Crippen molar-refractivity contribution in [2.75, 3.05) is 13.1 Å². The summed E-state index contributed by atoms with van der Waals surface area (Å²) in [4.78, 5) is 13.2. The maximum Gasteiger partial charge on any atom is 0.249 e. The number of carbonyl (C=O) groups excluding carboxylic acids is 1. The van der Waals surface area contributed by atoms with E-state index in [0.717, 1.165) is 0 Å². The maximum atomic E-state index is 13.4. The normalized spacial score (nSPS) is 30.4. The third kappa shape index (κ3) is 3.18. The van der Waals surface area contributed by atoms with E-state index in [9.17, 15) is 18.0 Å². The summed E-state index contributed by atoms with van der Waals surface area (Å²) >= 11 is 0. The highest BCUT2D eigenvalue weighted by molar-refractivity contribution is 5.80. The average molecular weight is 265 g/mol. The molecule has 1 saturated carbocycles. The van der Waals surface area contributed by atoms with Crippen molar-refractivity contribution < 1.29 is 18.0 Å². The molecule has 1 heterocycles. The monoisotopic (exact) mass is 265 g/mol. The average Bonchev–Trinajstić information content (AvgIpc) is 2.69. The van der Waals surface area contributed by atoms with E-state index < -0.39 is 18.0 Å². The molecule has 0 aromatic rings. The van der Waals surface area contributed by atoms with Gasteiger partial charge in [-0.1, -0.05) is 20.8 Å². The van der Waals surface area contributed by atoms with E-state index in [0.29, 0.717) is 13.0 Å². The number of carbonyl (C=O) groups is 1. The van der Waals surface area contributed by atoms with Gasteiger partial charge in [0.15, 0.2) is 0 Å². The van der Waals surface area contributed by atoms with Crippen LogP contribution in [0.25, 0.3) is 0 Å². The predicted octanol–water partition coefficient (Wildman–Crippen LogP) is 3.26. The fourth-order valence-corrected chi connectivity index (χ4v) is 2.49. The first-order chi connectivity index (χ1) is 8.43. The van der Waals surface area contributed by atoms with Crippen LogP contribution in [0, 0.1) is 11.8 Å². The van der Waals surface area contributed by atoms with Gasteiger partial charge in [-0.25, -0.2) is 13.2 Å². The molecule has 2 nitrogen and oxygen atoms in total. The molecule has 0 radical (unpaired) electrons. The van der Waals surface area contributed by atoms with E-state index in [-0.39, 0.29) is 31.2 Å². The molecule has 0 bridgehead atoms. The van der Waals surface area contributed by atoms with Crippen molar-refractivity contribution in [1.82, 2.24) is 4.90 Å². The first-order valence-corrected chi connectivity index (χ1v) is 6.73. The Morgan fingerprint density at radius 1 is 1.28 bits per heavy atom. The van der Waals surface area contributed by atoms with Crippen molar-refractivity contribution in [3.63, 3.8) is 0 Å². The van der Waals surface area contributed by atoms with Gasteiger partial charge in [0, 0.05) is 31.2 Å². The minimum absolute atomic E-state index is 0.0827. The van der Waals surface area contributed by atoms with Gasteiger partial charge < -0.3 is 4.90 Å². The molecule has 0 aromatic heterocycles. The van der Waals surface area contributed by atoms with Gasteiger partial charge in [-0.05, 0) is 6.42 Å². The highest BCUT2D eigenvalue weighted by Gasteiger charge is 2.50. The van der Waals surface area contributed by atoms with Gasteiger partial charge in [0.25, 0.3) is 0 Å². The van der Waals surface area contributed by atoms with Gasteiger partial charge in [-0.3, -0.25) is 4.79 Å². The van der Waals surface area contributed by atoms with Crippen molar-refractivity contribution >= 4 is 5.91 Å². The third-order valence-electron chi connectivity index (χ3n) is 3.64. The number of hydrogen-bond acceptors (Lipinski definition) is 1. The Kier molecular flexibility index (Phi) is 5.05. The summed E-state index contributed by atoms with van der Waals surface area (Å²) in [7, 11) is 0. The van der Waals surface area contributed by atoms with Crippen LogP contribution in [-0.2, 0) is 4.79 Å². The van der Waals surface area contributed by atoms with Crippen LogP contribution in [0.15, 0.2) is 0 Å². The van der Waals surface area contributed by atoms with Gasteiger partial charge in [0.2, 0.25) is 11.8 Å². The van der Waals surface area contributed by atoms with Crippen LogP contribution >= 0.6 is 0 Å². The third-order valence-corrected chi connectivity index (χ3v) is 3.64. The lowest BCUT2D eigenvalue weighted by atomic mass is 9.80. The van der Waals surface area contributed by atoms with Gasteiger partial charge in [0.05, 0.1) is 6.54 Å². The highest BCUT2D eigenvalue weighted by atomic mass is 19.3. The summed E-state index contributed by atoms with van der Waals surface area (Å²) in [5, 5.41) is 0. The Morgan fingerprint density at radius 3 is 2.22 bits per heavy atom. The summed E-state index contributed by atoms with van der Waals surface area (Å²) in [6, 6.07) is 0. The van der Waals surface area contributed by atoms with Gasteiger partial charge in [0.1, 0.15) is 6.17 Å². The standard InChI is InChI=1S/C11H16F3NO.C2H6/c1-2-7-5-15(6-9(7)12)10(16)8-3-11(13,14)4-8;1-2/h7-9H,2-6H2,1H3;1-2H3/t7-,9+;/m1./s1. The topological polar surface area (TPSA) is 20.3 Å². The molecule has 5 heteroatoms. The van der Waals surface area contributed by atoms with E-state index in [2.05, 4.69) is 0 Å². The molecule has 2 rings (SSSR count). The molecule has 0 aromatic carbocycles. The van der Waals surface area contributed by atoms with Gasteiger partial charge >= 0.3 is 0 Å². The summed E-state index contributed by atoms with van der Waals surface area (Å²) in [5.74, 6) is -3.67. The number of amides is 1. The highest BCUT2D eigenvalue weighted by Crippen LogP contribution is 2.43. The van der Waals surface area contributed by atoms with E-state index in [1.807, 2.05) is 20.8 Å². The van der Waals surface area contributed by atoms with Crippen molar-refractivity contribution in [2.45, 2.75) is 52.1 Å². The number of alkyl halides is 3. The Bertz CT molecular complexity index is 288. The zero-order chi connectivity index (χ0) is 13.9. The minimum atomic E-state index is -2.68. The molecule has 106 valence electrons. The van der Waals surface area contributed by atoms with Crippen LogP contribution < -0.4 is 0 Å². The molecule has 0 N–H and O–H groups in total. The molecule has 1 amide bonds. The van der Waals surface area contributed by atoms with E-state index in [1.54, 1.807) is 0 Å². The minimum Gasteiger partial charge on any atom is -0.339 e. The molecule has 0 spiro atoms. The van der Waals surface area contributed by atoms with Crippen LogP contribution in [0.4, 0.5) is 13.2 Å². The SMILES string of the molecule is CC.CC[C@@H]1CN(C(=O)C2CC(F)(F)C2)C[C@@H]1F. The summed E-state index contributed by atoms with van der Waals surface area (Å²) in [5.41, 5.74) is 0. The Morgan fingerprint density at radius 2 is 1.83 bits per heavy atom. The second kappa shape index (κ2) is 5.93. The van der Waals surface area contributed by atoms with Crippen molar-refractivity contribution in [3.05, 3.63) is 0 Å². The van der Waals surface area contributed by atoms with E-state index >= 15 is 0 Å². The van der Waals surface area contributed by atoms with Gasteiger partial charge in [-0.15, -0.1) is 0 Å². The number of likely N-dealkylation sites (tertiary alicyclic amines) is 1. The lowest BCUT2D eigenvalue weighted by Crippen LogP contribution is -2.46. The lowest BCUT2D eigenvalue weighted by Gasteiger charge is -2.36. The summed E-state index contributed by atoms with van der Waals surface area (Å²) in [6.07, 6.45) is -1.03. The molecular formula is C13H22F3NO. The fourth-order valence-electron chi connectivity index (χ4n) is 2.49. The van der Waals surface area contributed by atoms with Crippen molar-refractivity contribution in [2.24, 2.45) is 11.8 Å². The zero-order valence-electron chi connectivity index (χ0n) is 11.3. The number of nitrogens with zero attached hydrogens (tertiary/aromatic N) is 1. The molecular weight excluding hydrogens is 243 g/mol. The molecule has 0 unspecified atom stereocenters. The quantitative estimate of drug-likeness (QED) is 0.750. The largest absolute Gasteiger partial charge is 0.339 e. The van der Waals surface area contributed by atoms with Crippen LogP contribution in [0.5, 0.6) is 0 Å². The molecule has 2 fully saturated rings. The lowest BCUT2D eigenvalue weighted by molar-refractivity contribution is -0.159. The fraction of sp³-hybridized carbons (Fsp3) is 0.923. The first-order valence-electron chi connectivity index (χ1n) is 6.73. The van der Waals surface area contributed by atoms with E-state index in [4.69, 9.17) is 0 Å². The Hall–Kier alpha value is -0.740. The second-order valence-corrected chi connectivity index (χ2v) is 4.89. The molecule has 2 atom stereocenters. The summed E-state index contributed by atoms with van der Waals surface area (Å²) in [6.45, 7) is 6.35. The molecule has 2 aliphatic rings.